The summed E-state index contributed by atoms with van der Waals surface area (Å²) in [6, 6.07) is 0. The molecule has 0 heterocycles. The maximum absolute atomic E-state index is 11.9. The standard InChI is InChI=1S/C13H22BrNO2S/c1-15(18(16,17)9-14)8-13-5-10-2-11(6-13)4-12(3-10)7-13/h10-12H,2-9H2,1H3. The number of hydrogen-bond acceptors (Lipinski definition) is 2. The van der Waals surface area contributed by atoms with Crippen LogP contribution in [0.1, 0.15) is 38.5 Å². The van der Waals surface area contributed by atoms with Crippen molar-refractivity contribution in [3.63, 3.8) is 0 Å². The number of hydrogen-bond donors (Lipinski definition) is 0. The summed E-state index contributed by atoms with van der Waals surface area (Å²) in [6.45, 7) is 0.741. The number of sulfonamides is 1. The highest BCUT2D eigenvalue weighted by atomic mass is 79.9. The van der Waals surface area contributed by atoms with Gasteiger partial charge in [0.15, 0.2) is 0 Å². The van der Waals surface area contributed by atoms with Gasteiger partial charge in [-0.05, 0) is 61.7 Å². The van der Waals surface area contributed by atoms with E-state index >= 15 is 0 Å². The lowest BCUT2D eigenvalue weighted by Crippen LogP contribution is -2.51. The molecule has 4 aliphatic rings. The Bertz CT molecular complexity index is 399. The predicted molar refractivity (Wildman–Crippen MR) is 75.9 cm³/mol. The van der Waals surface area contributed by atoms with E-state index in [1.54, 1.807) is 11.4 Å². The van der Waals surface area contributed by atoms with Crippen LogP contribution in [0, 0.1) is 23.2 Å². The first-order valence-electron chi connectivity index (χ1n) is 6.92. The third-order valence-corrected chi connectivity index (χ3v) is 8.43. The van der Waals surface area contributed by atoms with Crippen LogP contribution in [0.15, 0.2) is 0 Å². The zero-order valence-corrected chi connectivity index (χ0v) is 13.3. The van der Waals surface area contributed by atoms with E-state index in [9.17, 15) is 8.42 Å². The molecular weight excluding hydrogens is 314 g/mol. The molecule has 0 N–H and O–H groups in total. The molecule has 104 valence electrons. The Morgan fingerprint density at radius 3 is 1.94 bits per heavy atom. The highest BCUT2D eigenvalue weighted by molar-refractivity contribution is 9.10. The van der Waals surface area contributed by atoms with E-state index in [-0.39, 0.29) is 4.66 Å². The van der Waals surface area contributed by atoms with Crippen molar-refractivity contribution in [1.82, 2.24) is 4.31 Å². The van der Waals surface area contributed by atoms with Crippen LogP contribution in [0.5, 0.6) is 0 Å². The largest absolute Gasteiger partial charge is 0.223 e. The third-order valence-electron chi connectivity index (χ3n) is 5.34. The average Bonchev–Trinajstić information content (AvgIpc) is 2.26. The first-order chi connectivity index (χ1) is 8.42. The summed E-state index contributed by atoms with van der Waals surface area (Å²) in [6.07, 6.45) is 8.03. The van der Waals surface area contributed by atoms with Crippen molar-refractivity contribution in [2.24, 2.45) is 23.2 Å². The Morgan fingerprint density at radius 1 is 1.11 bits per heavy atom. The molecule has 0 saturated heterocycles. The van der Waals surface area contributed by atoms with Gasteiger partial charge in [-0.1, -0.05) is 15.9 Å². The van der Waals surface area contributed by atoms with E-state index in [1.807, 2.05) is 0 Å². The van der Waals surface area contributed by atoms with Crippen LogP contribution >= 0.6 is 15.9 Å². The van der Waals surface area contributed by atoms with Gasteiger partial charge in [0, 0.05) is 13.6 Å². The van der Waals surface area contributed by atoms with Crippen LogP contribution < -0.4 is 0 Å². The molecule has 5 heteroatoms. The molecule has 0 radical (unpaired) electrons. The van der Waals surface area contributed by atoms with E-state index in [0.717, 1.165) is 24.3 Å². The fourth-order valence-corrected chi connectivity index (χ4v) is 6.82. The first kappa shape index (κ1) is 13.4. The van der Waals surface area contributed by atoms with Gasteiger partial charge in [0.2, 0.25) is 10.0 Å². The van der Waals surface area contributed by atoms with Gasteiger partial charge in [-0.15, -0.1) is 0 Å². The molecule has 4 saturated carbocycles. The topological polar surface area (TPSA) is 37.4 Å². The quantitative estimate of drug-likeness (QED) is 0.741. The van der Waals surface area contributed by atoms with Crippen LogP contribution in [0.4, 0.5) is 0 Å². The van der Waals surface area contributed by atoms with Gasteiger partial charge in [-0.3, -0.25) is 0 Å². The van der Waals surface area contributed by atoms with Crippen molar-refractivity contribution in [2.75, 3.05) is 18.3 Å². The van der Waals surface area contributed by atoms with E-state index in [1.165, 1.54) is 38.5 Å². The van der Waals surface area contributed by atoms with Gasteiger partial charge in [0.25, 0.3) is 0 Å². The molecule has 0 aromatic heterocycles. The zero-order chi connectivity index (χ0) is 13.0. The lowest BCUT2D eigenvalue weighted by molar-refractivity contribution is -0.0583. The molecule has 4 fully saturated rings. The van der Waals surface area contributed by atoms with E-state index in [2.05, 4.69) is 15.9 Å². The Balaban J connectivity index is 1.76. The first-order valence-corrected chi connectivity index (χ1v) is 9.65. The smallest absolute Gasteiger partial charge is 0.211 e. The fourth-order valence-electron chi connectivity index (χ4n) is 5.14. The Hall–Kier alpha value is 0.390. The molecule has 0 unspecified atom stereocenters. The molecular formula is C13H22BrNO2S. The van der Waals surface area contributed by atoms with Crippen molar-refractivity contribution in [3.8, 4) is 0 Å². The van der Waals surface area contributed by atoms with Crippen molar-refractivity contribution >= 4 is 26.0 Å². The van der Waals surface area contributed by atoms with Gasteiger partial charge in [-0.2, -0.15) is 0 Å². The van der Waals surface area contributed by atoms with Gasteiger partial charge in [-0.25, -0.2) is 12.7 Å². The van der Waals surface area contributed by atoms with Crippen molar-refractivity contribution in [2.45, 2.75) is 38.5 Å². The Labute approximate surface area is 118 Å². The van der Waals surface area contributed by atoms with Crippen LogP contribution in [-0.4, -0.2) is 31.0 Å². The SMILES string of the molecule is CN(CC12CC3CC(CC(C3)C1)C2)S(=O)(=O)CBr. The average molecular weight is 336 g/mol. The summed E-state index contributed by atoms with van der Waals surface area (Å²) >= 11 is 3.09. The molecule has 18 heavy (non-hydrogen) atoms. The van der Waals surface area contributed by atoms with Crippen LogP contribution in [0.3, 0.4) is 0 Å². The minimum Gasteiger partial charge on any atom is -0.211 e. The van der Waals surface area contributed by atoms with E-state index in [4.69, 9.17) is 0 Å². The highest BCUT2D eigenvalue weighted by Crippen LogP contribution is 2.60. The minimum absolute atomic E-state index is 0.0445. The molecule has 3 nitrogen and oxygen atoms in total. The second kappa shape index (κ2) is 4.45. The second-order valence-electron chi connectivity index (χ2n) is 6.89. The number of halogens is 1. The Kier molecular flexibility index (Phi) is 3.31. The molecule has 0 aromatic carbocycles. The van der Waals surface area contributed by atoms with Gasteiger partial charge in [0.1, 0.15) is 4.66 Å². The van der Waals surface area contributed by atoms with Crippen LogP contribution in [-0.2, 0) is 10.0 Å². The molecule has 4 aliphatic carbocycles. The monoisotopic (exact) mass is 335 g/mol. The maximum Gasteiger partial charge on any atom is 0.223 e. The molecule has 0 aliphatic heterocycles. The lowest BCUT2D eigenvalue weighted by Gasteiger charge is -2.57. The number of nitrogens with zero attached hydrogens (tertiary/aromatic N) is 1. The van der Waals surface area contributed by atoms with Crippen LogP contribution in [0.25, 0.3) is 0 Å². The second-order valence-corrected chi connectivity index (χ2v) is 10.3. The highest BCUT2D eigenvalue weighted by Gasteiger charge is 2.51. The summed E-state index contributed by atoms with van der Waals surface area (Å²) in [4.78, 5) is 0. The van der Waals surface area contributed by atoms with Crippen molar-refractivity contribution in [1.29, 1.82) is 0 Å². The summed E-state index contributed by atoms with van der Waals surface area (Å²) in [7, 11) is -1.35. The summed E-state index contributed by atoms with van der Waals surface area (Å²) in [5.41, 5.74) is 0.304. The molecule has 0 aromatic rings. The van der Waals surface area contributed by atoms with Crippen molar-refractivity contribution < 1.29 is 8.42 Å². The summed E-state index contributed by atoms with van der Waals surface area (Å²) in [5, 5.41) is 0. The normalized spacial score (nSPS) is 42.7. The van der Waals surface area contributed by atoms with Gasteiger partial charge in [0.05, 0.1) is 0 Å². The molecule has 0 spiro atoms. The number of rotatable bonds is 4. The van der Waals surface area contributed by atoms with Crippen LogP contribution in [0.2, 0.25) is 0 Å². The zero-order valence-electron chi connectivity index (χ0n) is 10.9. The maximum atomic E-state index is 11.9. The minimum atomic E-state index is -3.09. The molecule has 0 amide bonds. The van der Waals surface area contributed by atoms with Gasteiger partial charge >= 0.3 is 0 Å². The molecule has 4 rings (SSSR count). The predicted octanol–water partition coefficient (Wildman–Crippen LogP) is 2.82. The summed E-state index contributed by atoms with van der Waals surface area (Å²) < 4.78 is 25.4. The summed E-state index contributed by atoms with van der Waals surface area (Å²) in [5.74, 6) is 2.66. The van der Waals surface area contributed by atoms with E-state index in [0.29, 0.717) is 5.41 Å². The van der Waals surface area contributed by atoms with E-state index < -0.39 is 10.0 Å². The third kappa shape index (κ3) is 2.27. The molecule has 0 atom stereocenters. The fraction of sp³-hybridized carbons (Fsp3) is 1.00. The molecule has 4 bridgehead atoms. The Morgan fingerprint density at radius 2 is 1.56 bits per heavy atom. The number of alkyl halides is 1. The van der Waals surface area contributed by atoms with Gasteiger partial charge < -0.3 is 0 Å². The lowest BCUT2D eigenvalue weighted by atomic mass is 9.49. The van der Waals surface area contributed by atoms with Crippen molar-refractivity contribution in [3.05, 3.63) is 0 Å².